The molecule has 0 aromatic rings. The second-order valence-corrected chi connectivity index (χ2v) is 7.84. The van der Waals surface area contributed by atoms with Crippen LogP contribution in [0.3, 0.4) is 0 Å². The van der Waals surface area contributed by atoms with Crippen molar-refractivity contribution in [2.24, 2.45) is 5.73 Å². The van der Waals surface area contributed by atoms with Gasteiger partial charge in [0.1, 0.15) is 18.2 Å². The minimum Gasteiger partial charge on any atom is -0.480 e. The first kappa shape index (κ1) is 28.5. The molecule has 0 spiro atoms. The highest BCUT2D eigenvalue weighted by Gasteiger charge is 2.36. The molecular weight excluding hydrogens is 390 g/mol. The molecule has 0 aromatic heterocycles. The maximum absolute atomic E-state index is 11.2. The van der Waals surface area contributed by atoms with Crippen LogP contribution in [-0.4, -0.2) is 62.8 Å². The van der Waals surface area contributed by atoms with Gasteiger partial charge in [-0.25, -0.2) is 0 Å². The van der Waals surface area contributed by atoms with Crippen molar-refractivity contribution in [2.75, 3.05) is 0 Å². The molecule has 0 aliphatic carbocycles. The van der Waals surface area contributed by atoms with E-state index in [-0.39, 0.29) is 6.10 Å². The molecule has 0 rings (SSSR count). The van der Waals surface area contributed by atoms with Crippen molar-refractivity contribution in [1.29, 1.82) is 0 Å². The van der Waals surface area contributed by atoms with Crippen LogP contribution in [0.5, 0.6) is 0 Å². The van der Waals surface area contributed by atoms with Crippen molar-refractivity contribution >= 4 is 11.9 Å². The summed E-state index contributed by atoms with van der Waals surface area (Å²) < 4.78 is 4.86. The van der Waals surface area contributed by atoms with E-state index in [0.717, 1.165) is 51.9 Å². The Labute approximate surface area is 180 Å². The number of hydrogen-bond acceptors (Lipinski definition) is 7. The number of carboxylic acid groups (broad SMARTS) is 1. The summed E-state index contributed by atoms with van der Waals surface area (Å²) in [4.78, 5) is 22.1. The van der Waals surface area contributed by atoms with Crippen molar-refractivity contribution in [3.8, 4) is 0 Å². The van der Waals surface area contributed by atoms with Crippen LogP contribution in [0.2, 0.25) is 0 Å². The Balaban J connectivity index is 4.13. The number of allylic oxidation sites excluding steroid dienone is 1. The number of hydrogen-bond donors (Lipinski definition) is 5. The van der Waals surface area contributed by atoms with Crippen LogP contribution in [-0.2, 0) is 14.3 Å². The Bertz CT molecular complexity index is 498. The number of unbranched alkanes of at least 4 members (excludes halogenated alkanes) is 7. The van der Waals surface area contributed by atoms with E-state index in [1.54, 1.807) is 6.08 Å². The number of carboxylic acids is 1. The Kier molecular flexibility index (Phi) is 16.4. The molecule has 0 bridgehead atoms. The predicted molar refractivity (Wildman–Crippen MR) is 115 cm³/mol. The summed E-state index contributed by atoms with van der Waals surface area (Å²) >= 11 is 0. The SMILES string of the molecule is CCCCCCC(O)CCCCCCC=C[C@H](O)[C@@H](OC(C)=O)[C@H](O)[C@H](N)C(=O)O. The largest absolute Gasteiger partial charge is 0.480 e. The molecule has 0 aliphatic rings. The number of carbonyl (C=O) groups is 2. The van der Waals surface area contributed by atoms with Crippen LogP contribution >= 0.6 is 0 Å². The summed E-state index contributed by atoms with van der Waals surface area (Å²) in [6.45, 7) is 3.27. The molecule has 1 unspecified atom stereocenters. The molecule has 8 heteroatoms. The van der Waals surface area contributed by atoms with Gasteiger partial charge in [-0.15, -0.1) is 0 Å². The normalized spacial score (nSPS) is 16.7. The highest BCUT2D eigenvalue weighted by molar-refractivity contribution is 5.74. The van der Waals surface area contributed by atoms with Gasteiger partial charge in [0.2, 0.25) is 0 Å². The summed E-state index contributed by atoms with van der Waals surface area (Å²) in [6.07, 6.45) is 9.29. The third kappa shape index (κ3) is 13.7. The van der Waals surface area contributed by atoms with Crippen molar-refractivity contribution in [2.45, 2.75) is 115 Å². The predicted octanol–water partition coefficient (Wildman–Crippen LogP) is 2.28. The van der Waals surface area contributed by atoms with Gasteiger partial charge in [-0.1, -0.05) is 64.0 Å². The monoisotopic (exact) mass is 431 g/mol. The van der Waals surface area contributed by atoms with Crippen LogP contribution in [0.1, 0.15) is 84.5 Å². The van der Waals surface area contributed by atoms with E-state index in [4.69, 9.17) is 15.6 Å². The lowest BCUT2D eigenvalue weighted by atomic mass is 10.00. The molecule has 0 aliphatic heterocycles. The van der Waals surface area contributed by atoms with E-state index in [1.807, 2.05) is 0 Å². The smallest absolute Gasteiger partial charge is 0.323 e. The second-order valence-electron chi connectivity index (χ2n) is 7.84. The molecule has 0 saturated carbocycles. The third-order valence-electron chi connectivity index (χ3n) is 5.01. The topological polar surface area (TPSA) is 150 Å². The zero-order valence-electron chi connectivity index (χ0n) is 18.4. The van der Waals surface area contributed by atoms with Gasteiger partial charge >= 0.3 is 11.9 Å². The lowest BCUT2D eigenvalue weighted by Crippen LogP contribution is -2.53. The summed E-state index contributed by atoms with van der Waals surface area (Å²) in [5.74, 6) is -2.21. The average molecular weight is 432 g/mol. The fourth-order valence-corrected chi connectivity index (χ4v) is 3.18. The van der Waals surface area contributed by atoms with Crippen LogP contribution in [0.15, 0.2) is 12.2 Å². The lowest BCUT2D eigenvalue weighted by molar-refractivity contribution is -0.164. The number of nitrogens with two attached hydrogens (primary N) is 1. The maximum Gasteiger partial charge on any atom is 0.323 e. The average Bonchev–Trinajstić information content (AvgIpc) is 2.69. The first-order valence-corrected chi connectivity index (χ1v) is 11.1. The molecule has 0 fully saturated rings. The van der Waals surface area contributed by atoms with E-state index >= 15 is 0 Å². The van der Waals surface area contributed by atoms with Gasteiger partial charge < -0.3 is 30.9 Å². The Morgan fingerprint density at radius 1 is 0.967 bits per heavy atom. The Morgan fingerprint density at radius 2 is 1.53 bits per heavy atom. The van der Waals surface area contributed by atoms with Gasteiger partial charge in [0.25, 0.3) is 0 Å². The van der Waals surface area contributed by atoms with Gasteiger partial charge in [0.15, 0.2) is 6.10 Å². The van der Waals surface area contributed by atoms with Crippen molar-refractivity contribution in [3.63, 3.8) is 0 Å². The zero-order chi connectivity index (χ0) is 22.9. The first-order valence-electron chi connectivity index (χ1n) is 11.1. The minimum absolute atomic E-state index is 0.210. The Morgan fingerprint density at radius 3 is 2.07 bits per heavy atom. The maximum atomic E-state index is 11.2. The number of rotatable bonds is 18. The van der Waals surface area contributed by atoms with Crippen LogP contribution in [0.4, 0.5) is 0 Å². The molecule has 0 radical (unpaired) electrons. The third-order valence-corrected chi connectivity index (χ3v) is 5.01. The molecule has 6 N–H and O–H groups in total. The number of esters is 1. The standard InChI is InChI=1S/C22H41NO7/c1-3-4-5-10-13-17(25)14-11-8-6-7-9-12-15-18(26)21(30-16(2)24)20(27)19(23)22(28)29/h12,15,17-21,25-27H,3-11,13-14,23H2,1-2H3,(H,28,29)/t17?,18-,19-,20+,21+/m0/s1. The highest BCUT2D eigenvalue weighted by atomic mass is 16.6. The van der Waals surface area contributed by atoms with E-state index in [2.05, 4.69) is 6.92 Å². The van der Waals surface area contributed by atoms with Gasteiger partial charge in [0, 0.05) is 6.92 Å². The summed E-state index contributed by atoms with van der Waals surface area (Å²) in [7, 11) is 0. The number of aliphatic carboxylic acids is 1. The number of ether oxygens (including phenoxy) is 1. The van der Waals surface area contributed by atoms with E-state index < -0.39 is 36.3 Å². The molecule has 5 atom stereocenters. The second kappa shape index (κ2) is 17.2. The van der Waals surface area contributed by atoms with Gasteiger partial charge in [0.05, 0.1) is 6.10 Å². The van der Waals surface area contributed by atoms with Crippen molar-refractivity contribution < 1.29 is 34.8 Å². The molecule has 176 valence electrons. The van der Waals surface area contributed by atoms with Crippen LogP contribution in [0.25, 0.3) is 0 Å². The van der Waals surface area contributed by atoms with Gasteiger partial charge in [-0.3, -0.25) is 9.59 Å². The van der Waals surface area contributed by atoms with Gasteiger partial charge in [-0.05, 0) is 25.7 Å². The molecular formula is C22H41NO7. The van der Waals surface area contributed by atoms with E-state index in [1.165, 1.54) is 25.3 Å². The van der Waals surface area contributed by atoms with E-state index in [9.17, 15) is 24.9 Å². The Hall–Kier alpha value is -1.48. The molecule has 30 heavy (non-hydrogen) atoms. The quantitative estimate of drug-likeness (QED) is 0.126. The summed E-state index contributed by atoms with van der Waals surface area (Å²) in [5.41, 5.74) is 5.36. The lowest BCUT2D eigenvalue weighted by Gasteiger charge is -2.27. The fraction of sp³-hybridized carbons (Fsp3) is 0.818. The summed E-state index contributed by atoms with van der Waals surface area (Å²) in [5, 5.41) is 39.0. The summed E-state index contributed by atoms with van der Waals surface area (Å²) in [6, 6.07) is -1.68. The number of carbonyl (C=O) groups excluding carboxylic acids is 1. The van der Waals surface area contributed by atoms with Crippen molar-refractivity contribution in [3.05, 3.63) is 12.2 Å². The number of aliphatic hydroxyl groups excluding tert-OH is 3. The van der Waals surface area contributed by atoms with Crippen molar-refractivity contribution in [1.82, 2.24) is 0 Å². The first-order chi connectivity index (χ1) is 14.2. The molecule has 0 aromatic carbocycles. The zero-order valence-corrected chi connectivity index (χ0v) is 18.4. The number of aliphatic hydroxyl groups is 3. The molecule has 0 heterocycles. The van der Waals surface area contributed by atoms with Crippen LogP contribution in [0, 0.1) is 0 Å². The van der Waals surface area contributed by atoms with Gasteiger partial charge in [-0.2, -0.15) is 0 Å². The van der Waals surface area contributed by atoms with E-state index in [0.29, 0.717) is 6.42 Å². The fourth-order valence-electron chi connectivity index (χ4n) is 3.18. The molecule has 8 nitrogen and oxygen atoms in total. The van der Waals surface area contributed by atoms with Crippen LogP contribution < -0.4 is 5.73 Å². The minimum atomic E-state index is -1.74. The molecule has 0 amide bonds. The molecule has 0 saturated heterocycles. The highest BCUT2D eigenvalue weighted by Crippen LogP contribution is 2.14.